The van der Waals surface area contributed by atoms with Crippen molar-refractivity contribution in [1.82, 2.24) is 4.90 Å². The van der Waals surface area contributed by atoms with Crippen molar-refractivity contribution in [2.24, 2.45) is 5.92 Å². The van der Waals surface area contributed by atoms with Crippen LogP contribution in [0.3, 0.4) is 0 Å². The normalized spacial score (nSPS) is 14.4. The Morgan fingerprint density at radius 3 is 2.89 bits per heavy atom. The first kappa shape index (κ1) is 13.9. The number of hydrogen-bond acceptors (Lipinski definition) is 3. The van der Waals surface area contributed by atoms with Crippen molar-refractivity contribution in [3.05, 3.63) is 29.3 Å². The first-order chi connectivity index (χ1) is 9.08. The molecule has 4 heteroatoms. The van der Waals surface area contributed by atoms with Gasteiger partial charge in [0.1, 0.15) is 0 Å². The summed E-state index contributed by atoms with van der Waals surface area (Å²) in [6.45, 7) is 3.96. The third kappa shape index (κ3) is 3.96. The molecular weight excluding hydrogens is 240 g/mol. The van der Waals surface area contributed by atoms with E-state index in [2.05, 4.69) is 0 Å². The molecule has 0 unspecified atom stereocenters. The van der Waals surface area contributed by atoms with Gasteiger partial charge in [-0.3, -0.25) is 4.79 Å². The molecule has 0 spiro atoms. The fourth-order valence-electron chi connectivity index (χ4n) is 1.91. The zero-order chi connectivity index (χ0) is 13.8. The number of anilines is 1. The van der Waals surface area contributed by atoms with Crippen molar-refractivity contribution in [3.63, 3.8) is 0 Å². The van der Waals surface area contributed by atoms with Gasteiger partial charge in [0.05, 0.1) is 6.61 Å². The number of amides is 1. The Kier molecular flexibility index (Phi) is 4.43. The van der Waals surface area contributed by atoms with Gasteiger partial charge in [0.15, 0.2) is 0 Å². The van der Waals surface area contributed by atoms with Crippen LogP contribution in [0, 0.1) is 12.8 Å². The summed E-state index contributed by atoms with van der Waals surface area (Å²) in [6, 6.07) is 5.42. The lowest BCUT2D eigenvalue weighted by Gasteiger charge is -2.18. The summed E-state index contributed by atoms with van der Waals surface area (Å²) in [4.78, 5) is 14.0. The number of ether oxygens (including phenoxy) is 1. The third-order valence-corrected chi connectivity index (χ3v) is 3.46. The van der Waals surface area contributed by atoms with Gasteiger partial charge < -0.3 is 15.4 Å². The molecule has 19 heavy (non-hydrogen) atoms. The van der Waals surface area contributed by atoms with Crippen molar-refractivity contribution in [2.75, 3.05) is 32.5 Å². The zero-order valence-corrected chi connectivity index (χ0v) is 11.7. The molecule has 1 aliphatic rings. The molecule has 0 atom stereocenters. The summed E-state index contributed by atoms with van der Waals surface area (Å²) >= 11 is 0. The minimum absolute atomic E-state index is 0.000165. The van der Waals surface area contributed by atoms with Gasteiger partial charge in [-0.05, 0) is 43.4 Å². The molecule has 1 aliphatic carbocycles. The van der Waals surface area contributed by atoms with Crippen LogP contribution in [0.4, 0.5) is 5.69 Å². The number of carbonyl (C=O) groups is 1. The maximum atomic E-state index is 12.3. The lowest BCUT2D eigenvalue weighted by atomic mass is 10.1. The van der Waals surface area contributed by atoms with Crippen LogP contribution in [0.25, 0.3) is 0 Å². The number of nitrogens with zero attached hydrogens (tertiary/aromatic N) is 1. The Morgan fingerprint density at radius 2 is 2.21 bits per heavy atom. The Balaban J connectivity index is 1.84. The zero-order valence-electron chi connectivity index (χ0n) is 11.7. The van der Waals surface area contributed by atoms with Crippen LogP contribution in [0.15, 0.2) is 18.2 Å². The molecule has 0 aliphatic heterocycles. The number of carbonyl (C=O) groups excluding carboxylic acids is 1. The number of hydrogen-bond donors (Lipinski definition) is 1. The molecule has 1 fully saturated rings. The van der Waals surface area contributed by atoms with Gasteiger partial charge in [-0.15, -0.1) is 0 Å². The van der Waals surface area contributed by atoms with Gasteiger partial charge >= 0.3 is 0 Å². The van der Waals surface area contributed by atoms with Crippen LogP contribution < -0.4 is 5.73 Å². The summed E-state index contributed by atoms with van der Waals surface area (Å²) in [5.74, 6) is 0.761. The van der Waals surface area contributed by atoms with Crippen LogP contribution in [-0.4, -0.2) is 37.6 Å². The van der Waals surface area contributed by atoms with Crippen molar-refractivity contribution < 1.29 is 9.53 Å². The number of benzene rings is 1. The smallest absolute Gasteiger partial charge is 0.254 e. The average molecular weight is 262 g/mol. The number of rotatable bonds is 6. The van der Waals surface area contributed by atoms with Gasteiger partial charge in [-0.2, -0.15) is 0 Å². The molecule has 1 aromatic rings. The molecular formula is C15H22N2O2. The number of aryl methyl sites for hydroxylation is 1. The van der Waals surface area contributed by atoms with Crippen LogP contribution >= 0.6 is 0 Å². The van der Waals surface area contributed by atoms with Gasteiger partial charge in [0.25, 0.3) is 5.91 Å². The average Bonchev–Trinajstić information content (AvgIpc) is 3.20. The number of likely N-dealkylation sites (N-methyl/N-ethyl adjacent to an activating group) is 1. The predicted molar refractivity (Wildman–Crippen MR) is 76.1 cm³/mol. The molecule has 1 amide bonds. The highest BCUT2D eigenvalue weighted by Crippen LogP contribution is 2.28. The molecule has 1 aromatic carbocycles. The summed E-state index contributed by atoms with van der Waals surface area (Å²) in [7, 11) is 1.80. The van der Waals surface area contributed by atoms with E-state index in [4.69, 9.17) is 10.5 Å². The number of nitrogens with two attached hydrogens (primary N) is 1. The fourth-order valence-corrected chi connectivity index (χ4v) is 1.91. The molecule has 0 saturated heterocycles. The molecule has 1 saturated carbocycles. The standard InChI is InChI=1S/C15H22N2O2/c1-11-3-6-13(16)9-14(11)15(18)17(2)7-8-19-10-12-4-5-12/h3,6,9,12H,4-5,7-8,10,16H2,1-2H3. The van der Waals surface area contributed by atoms with E-state index in [-0.39, 0.29) is 5.91 Å². The van der Waals surface area contributed by atoms with E-state index in [1.54, 1.807) is 18.0 Å². The molecule has 0 aromatic heterocycles. The van der Waals surface area contributed by atoms with Crippen molar-refractivity contribution in [2.45, 2.75) is 19.8 Å². The summed E-state index contributed by atoms with van der Waals surface area (Å²) < 4.78 is 5.55. The highest BCUT2D eigenvalue weighted by Gasteiger charge is 2.21. The fraction of sp³-hybridized carbons (Fsp3) is 0.533. The quantitative estimate of drug-likeness (QED) is 0.631. The summed E-state index contributed by atoms with van der Waals surface area (Å²) in [6.07, 6.45) is 2.58. The van der Waals surface area contributed by atoms with Gasteiger partial charge in [0, 0.05) is 31.5 Å². The van der Waals surface area contributed by atoms with Gasteiger partial charge in [0.2, 0.25) is 0 Å². The van der Waals surface area contributed by atoms with E-state index in [1.807, 2.05) is 19.1 Å². The van der Waals surface area contributed by atoms with E-state index >= 15 is 0 Å². The van der Waals surface area contributed by atoms with Crippen LogP contribution in [0.2, 0.25) is 0 Å². The molecule has 0 heterocycles. The van der Waals surface area contributed by atoms with Crippen LogP contribution in [0.5, 0.6) is 0 Å². The van der Waals surface area contributed by atoms with Gasteiger partial charge in [-0.1, -0.05) is 6.07 Å². The first-order valence-corrected chi connectivity index (χ1v) is 6.77. The largest absolute Gasteiger partial charge is 0.399 e. The number of nitrogen functional groups attached to an aromatic ring is 1. The van der Waals surface area contributed by atoms with E-state index < -0.39 is 0 Å². The summed E-state index contributed by atoms with van der Waals surface area (Å²) in [5, 5.41) is 0. The third-order valence-electron chi connectivity index (χ3n) is 3.46. The molecule has 2 N–H and O–H groups in total. The van der Waals surface area contributed by atoms with Crippen molar-refractivity contribution in [3.8, 4) is 0 Å². The molecule has 104 valence electrons. The lowest BCUT2D eigenvalue weighted by Crippen LogP contribution is -2.30. The maximum absolute atomic E-state index is 12.3. The second kappa shape index (κ2) is 6.06. The Labute approximate surface area is 114 Å². The van der Waals surface area contributed by atoms with Crippen LogP contribution in [-0.2, 0) is 4.74 Å². The monoisotopic (exact) mass is 262 g/mol. The Morgan fingerprint density at radius 1 is 1.47 bits per heavy atom. The van der Waals surface area contributed by atoms with E-state index in [0.29, 0.717) is 24.4 Å². The molecule has 4 nitrogen and oxygen atoms in total. The Bertz CT molecular complexity index is 455. The molecule has 2 rings (SSSR count). The second-order valence-corrected chi connectivity index (χ2v) is 5.32. The second-order valence-electron chi connectivity index (χ2n) is 5.32. The minimum atomic E-state index is -0.000165. The maximum Gasteiger partial charge on any atom is 0.254 e. The highest BCUT2D eigenvalue weighted by atomic mass is 16.5. The minimum Gasteiger partial charge on any atom is -0.399 e. The molecule has 0 radical (unpaired) electrons. The highest BCUT2D eigenvalue weighted by molar-refractivity contribution is 5.96. The van der Waals surface area contributed by atoms with Gasteiger partial charge in [-0.25, -0.2) is 0 Å². The van der Waals surface area contributed by atoms with E-state index in [9.17, 15) is 4.79 Å². The van der Waals surface area contributed by atoms with Crippen molar-refractivity contribution in [1.29, 1.82) is 0 Å². The van der Waals surface area contributed by atoms with E-state index in [0.717, 1.165) is 18.1 Å². The Hall–Kier alpha value is -1.55. The molecule has 0 bridgehead atoms. The topological polar surface area (TPSA) is 55.6 Å². The van der Waals surface area contributed by atoms with Crippen LogP contribution in [0.1, 0.15) is 28.8 Å². The van der Waals surface area contributed by atoms with Crippen molar-refractivity contribution >= 4 is 11.6 Å². The first-order valence-electron chi connectivity index (χ1n) is 6.77. The SMILES string of the molecule is Cc1ccc(N)cc1C(=O)N(C)CCOCC1CC1. The van der Waals surface area contributed by atoms with E-state index in [1.165, 1.54) is 12.8 Å². The lowest BCUT2D eigenvalue weighted by molar-refractivity contribution is 0.0680. The predicted octanol–water partition coefficient (Wildman–Crippen LogP) is 2.08. The summed E-state index contributed by atoms with van der Waals surface area (Å²) in [5.41, 5.74) is 7.97.